The van der Waals surface area contributed by atoms with Gasteiger partial charge >= 0.3 is 0 Å². The molecule has 1 saturated carbocycles. The number of methoxy groups -OCH3 is 1. The molecule has 1 rings (SSSR count). The van der Waals surface area contributed by atoms with Gasteiger partial charge in [-0.1, -0.05) is 20.8 Å². The van der Waals surface area contributed by atoms with Crippen LogP contribution in [0.15, 0.2) is 0 Å². The van der Waals surface area contributed by atoms with Gasteiger partial charge in [0.25, 0.3) is 0 Å². The van der Waals surface area contributed by atoms with E-state index in [0.717, 1.165) is 32.3 Å². The van der Waals surface area contributed by atoms with Crippen LogP contribution in [0.25, 0.3) is 0 Å². The van der Waals surface area contributed by atoms with E-state index < -0.39 is 0 Å². The van der Waals surface area contributed by atoms with E-state index in [1.54, 1.807) is 7.11 Å². The highest BCUT2D eigenvalue weighted by molar-refractivity contribution is 4.86. The maximum absolute atomic E-state index is 5.92. The van der Waals surface area contributed by atoms with Crippen molar-refractivity contribution in [3.8, 4) is 0 Å². The number of hydrogen-bond acceptors (Lipinski definition) is 3. The zero-order valence-electron chi connectivity index (χ0n) is 12.0. The molecule has 0 heterocycles. The summed E-state index contributed by atoms with van der Waals surface area (Å²) in [6, 6.07) is 0.805. The molecule has 2 N–H and O–H groups in total. The quantitative estimate of drug-likeness (QED) is 0.708. The van der Waals surface area contributed by atoms with Crippen molar-refractivity contribution in [3.05, 3.63) is 0 Å². The predicted molar refractivity (Wildman–Crippen MR) is 73.1 cm³/mol. The van der Waals surface area contributed by atoms with Crippen molar-refractivity contribution in [2.24, 2.45) is 17.1 Å². The molecule has 1 unspecified atom stereocenters. The first-order valence-electron chi connectivity index (χ1n) is 6.89. The highest BCUT2D eigenvalue weighted by Gasteiger charge is 2.30. The molecule has 0 bridgehead atoms. The summed E-state index contributed by atoms with van der Waals surface area (Å²) in [6.45, 7) is 10.7. The van der Waals surface area contributed by atoms with Crippen molar-refractivity contribution in [3.63, 3.8) is 0 Å². The summed E-state index contributed by atoms with van der Waals surface area (Å²) in [5, 5.41) is 0. The van der Waals surface area contributed by atoms with Crippen LogP contribution in [0.4, 0.5) is 0 Å². The van der Waals surface area contributed by atoms with E-state index in [1.807, 2.05) is 0 Å². The van der Waals surface area contributed by atoms with Crippen molar-refractivity contribution in [2.75, 3.05) is 33.4 Å². The maximum atomic E-state index is 5.92. The fraction of sp³-hybridized carbons (Fsp3) is 1.00. The number of rotatable bonds is 8. The lowest BCUT2D eigenvalue weighted by molar-refractivity contribution is 0.124. The molecule has 0 amide bonds. The Kier molecular flexibility index (Phi) is 5.90. The number of nitrogens with two attached hydrogens (primary N) is 1. The lowest BCUT2D eigenvalue weighted by Gasteiger charge is -2.30. The summed E-state index contributed by atoms with van der Waals surface area (Å²) >= 11 is 0. The molecule has 0 aromatic heterocycles. The van der Waals surface area contributed by atoms with E-state index in [9.17, 15) is 0 Å². The third kappa shape index (κ3) is 6.39. The van der Waals surface area contributed by atoms with Gasteiger partial charge in [0, 0.05) is 26.2 Å². The topological polar surface area (TPSA) is 38.5 Å². The second-order valence-electron chi connectivity index (χ2n) is 6.59. The van der Waals surface area contributed by atoms with E-state index in [0.29, 0.717) is 11.3 Å². The molecule has 0 aromatic carbocycles. The minimum Gasteiger partial charge on any atom is -0.383 e. The lowest BCUT2D eigenvalue weighted by Crippen LogP contribution is -2.38. The van der Waals surface area contributed by atoms with E-state index in [4.69, 9.17) is 10.5 Å². The highest BCUT2D eigenvalue weighted by atomic mass is 16.5. The minimum absolute atomic E-state index is 0.376. The third-order valence-corrected chi connectivity index (χ3v) is 3.37. The SMILES string of the molecule is COCCN(CC(CN)CC(C)(C)C)C1CC1. The average Bonchev–Trinajstić information content (AvgIpc) is 3.04. The molecule has 0 aromatic rings. The van der Waals surface area contributed by atoms with Crippen LogP contribution in [0.1, 0.15) is 40.0 Å². The van der Waals surface area contributed by atoms with Gasteiger partial charge in [0.15, 0.2) is 0 Å². The van der Waals surface area contributed by atoms with Crippen LogP contribution in [0.2, 0.25) is 0 Å². The number of nitrogens with zero attached hydrogens (tertiary/aromatic N) is 1. The van der Waals surface area contributed by atoms with Gasteiger partial charge in [-0.25, -0.2) is 0 Å². The highest BCUT2D eigenvalue weighted by Crippen LogP contribution is 2.30. The Morgan fingerprint density at radius 1 is 1.35 bits per heavy atom. The van der Waals surface area contributed by atoms with Gasteiger partial charge in [0.1, 0.15) is 0 Å². The van der Waals surface area contributed by atoms with E-state index >= 15 is 0 Å². The molecule has 17 heavy (non-hydrogen) atoms. The molecule has 0 aliphatic heterocycles. The van der Waals surface area contributed by atoms with Gasteiger partial charge in [0.2, 0.25) is 0 Å². The second-order valence-corrected chi connectivity index (χ2v) is 6.59. The largest absolute Gasteiger partial charge is 0.383 e. The van der Waals surface area contributed by atoms with Gasteiger partial charge in [-0.05, 0) is 37.1 Å². The van der Waals surface area contributed by atoms with Crippen LogP contribution < -0.4 is 5.73 Å². The molecule has 0 saturated heterocycles. The summed E-state index contributed by atoms with van der Waals surface area (Å²) in [7, 11) is 1.78. The number of ether oxygens (including phenoxy) is 1. The van der Waals surface area contributed by atoms with E-state index in [1.165, 1.54) is 19.3 Å². The maximum Gasteiger partial charge on any atom is 0.0589 e. The normalized spacial score (nSPS) is 18.7. The summed E-state index contributed by atoms with van der Waals surface area (Å²) in [4.78, 5) is 2.58. The second kappa shape index (κ2) is 6.72. The molecule has 1 atom stereocenters. The summed E-state index contributed by atoms with van der Waals surface area (Å²) in [5.74, 6) is 0.618. The van der Waals surface area contributed by atoms with Crippen LogP contribution in [-0.4, -0.2) is 44.3 Å². The van der Waals surface area contributed by atoms with Gasteiger partial charge in [0.05, 0.1) is 6.61 Å². The Bertz CT molecular complexity index is 209. The lowest BCUT2D eigenvalue weighted by atomic mass is 9.84. The van der Waals surface area contributed by atoms with Crippen LogP contribution in [0.5, 0.6) is 0 Å². The summed E-state index contributed by atoms with van der Waals surface area (Å²) in [6.07, 6.45) is 3.92. The monoisotopic (exact) mass is 242 g/mol. The molecule has 1 fully saturated rings. The molecule has 1 aliphatic carbocycles. The Morgan fingerprint density at radius 3 is 2.41 bits per heavy atom. The zero-order valence-corrected chi connectivity index (χ0v) is 12.0. The fourth-order valence-electron chi connectivity index (χ4n) is 2.49. The summed E-state index contributed by atoms with van der Waals surface area (Å²) in [5.41, 5.74) is 6.30. The fourth-order valence-corrected chi connectivity index (χ4v) is 2.49. The summed E-state index contributed by atoms with van der Waals surface area (Å²) < 4.78 is 5.19. The first kappa shape index (κ1) is 14.9. The minimum atomic E-state index is 0.376. The Balaban J connectivity index is 2.39. The average molecular weight is 242 g/mol. The Labute approximate surface area is 107 Å². The molecular formula is C14H30N2O. The molecule has 1 aliphatic rings. The van der Waals surface area contributed by atoms with Crippen molar-refractivity contribution >= 4 is 0 Å². The van der Waals surface area contributed by atoms with Crippen LogP contribution in [-0.2, 0) is 4.74 Å². The molecule has 3 heteroatoms. The smallest absolute Gasteiger partial charge is 0.0589 e. The van der Waals surface area contributed by atoms with Crippen molar-refractivity contribution < 1.29 is 4.74 Å². The Hall–Kier alpha value is -0.120. The van der Waals surface area contributed by atoms with Crippen LogP contribution in [0.3, 0.4) is 0 Å². The predicted octanol–water partition coefficient (Wildman–Crippen LogP) is 2.11. The first-order valence-corrected chi connectivity index (χ1v) is 6.89. The Morgan fingerprint density at radius 2 is 2.00 bits per heavy atom. The van der Waals surface area contributed by atoms with Gasteiger partial charge in [-0.3, -0.25) is 4.90 Å². The van der Waals surface area contributed by atoms with Gasteiger partial charge < -0.3 is 10.5 Å². The van der Waals surface area contributed by atoms with E-state index in [-0.39, 0.29) is 0 Å². The third-order valence-electron chi connectivity index (χ3n) is 3.37. The van der Waals surface area contributed by atoms with Crippen molar-refractivity contribution in [1.82, 2.24) is 4.90 Å². The van der Waals surface area contributed by atoms with Gasteiger partial charge in [-0.15, -0.1) is 0 Å². The molecular weight excluding hydrogens is 212 g/mol. The molecule has 0 radical (unpaired) electrons. The zero-order chi connectivity index (χ0) is 12.9. The van der Waals surface area contributed by atoms with Gasteiger partial charge in [-0.2, -0.15) is 0 Å². The van der Waals surface area contributed by atoms with Crippen LogP contribution in [0, 0.1) is 11.3 Å². The number of hydrogen-bond donors (Lipinski definition) is 1. The molecule has 102 valence electrons. The van der Waals surface area contributed by atoms with Crippen LogP contribution >= 0.6 is 0 Å². The van der Waals surface area contributed by atoms with E-state index in [2.05, 4.69) is 25.7 Å². The van der Waals surface area contributed by atoms with Crippen molar-refractivity contribution in [2.45, 2.75) is 46.1 Å². The molecule has 0 spiro atoms. The first-order chi connectivity index (χ1) is 7.96. The molecule has 3 nitrogen and oxygen atoms in total. The van der Waals surface area contributed by atoms with Crippen molar-refractivity contribution in [1.29, 1.82) is 0 Å². The standard InChI is InChI=1S/C14H30N2O/c1-14(2,3)9-12(10-15)11-16(7-8-17-4)13-5-6-13/h12-13H,5-11,15H2,1-4H3.